The second-order valence-electron chi connectivity index (χ2n) is 4.33. The molecule has 3 aliphatic carbocycles. The largest absolute Gasteiger partial charge is 0.396 e. The van der Waals surface area contributed by atoms with Crippen molar-refractivity contribution < 1.29 is 5.11 Å². The third kappa shape index (κ3) is 0.750. The van der Waals surface area contributed by atoms with Crippen molar-refractivity contribution in [2.24, 2.45) is 17.3 Å². The Morgan fingerprint density at radius 2 is 2.45 bits per heavy atom. The van der Waals surface area contributed by atoms with Gasteiger partial charge in [-0.15, -0.1) is 0 Å². The molecule has 2 bridgehead atoms. The minimum absolute atomic E-state index is 0.235. The van der Waals surface area contributed by atoms with Crippen molar-refractivity contribution in [1.29, 1.82) is 0 Å². The Hall–Kier alpha value is -0.300. The van der Waals surface area contributed by atoms with Crippen LogP contribution in [0.25, 0.3) is 0 Å². The molecular weight excluding hydrogens is 136 g/mol. The highest BCUT2D eigenvalue weighted by molar-refractivity contribution is 5.22. The van der Waals surface area contributed by atoms with E-state index in [1.165, 1.54) is 18.4 Å². The van der Waals surface area contributed by atoms with Crippen LogP contribution in [0.4, 0.5) is 0 Å². The Labute approximate surface area is 68.1 Å². The van der Waals surface area contributed by atoms with E-state index in [1.54, 1.807) is 0 Å². The van der Waals surface area contributed by atoms with E-state index < -0.39 is 0 Å². The minimum Gasteiger partial charge on any atom is -0.396 e. The highest BCUT2D eigenvalue weighted by atomic mass is 16.3. The lowest BCUT2D eigenvalue weighted by atomic mass is 9.48. The Morgan fingerprint density at radius 3 is 2.82 bits per heavy atom. The highest BCUT2D eigenvalue weighted by Gasteiger charge is 2.52. The maximum atomic E-state index is 9.24. The summed E-state index contributed by atoms with van der Waals surface area (Å²) < 4.78 is 0. The third-order valence-corrected chi connectivity index (χ3v) is 3.86. The first-order chi connectivity index (χ1) is 5.18. The van der Waals surface area contributed by atoms with Gasteiger partial charge in [0.25, 0.3) is 0 Å². The average molecular weight is 152 g/mol. The second-order valence-corrected chi connectivity index (χ2v) is 4.33. The summed E-state index contributed by atoms with van der Waals surface area (Å²) >= 11 is 0. The van der Waals surface area contributed by atoms with Crippen molar-refractivity contribution >= 4 is 0 Å². The van der Waals surface area contributed by atoms with E-state index >= 15 is 0 Å². The summed E-state index contributed by atoms with van der Waals surface area (Å²) in [6.45, 7) is 4.80. The first kappa shape index (κ1) is 7.35. The van der Waals surface area contributed by atoms with Crippen LogP contribution in [-0.2, 0) is 0 Å². The number of aliphatic hydroxyl groups is 1. The standard InChI is InChI=1S/C10H16O/c1-7-3-4-8-5-9(7)10(8,2)6-11/h3,8-9,11H,4-6H2,1-2H3/t8-,9-,10-/m1/s1. The Morgan fingerprint density at radius 1 is 1.73 bits per heavy atom. The van der Waals surface area contributed by atoms with Crippen LogP contribution in [0.15, 0.2) is 11.6 Å². The molecular formula is C10H16O. The van der Waals surface area contributed by atoms with Gasteiger partial charge in [0.05, 0.1) is 0 Å². The summed E-state index contributed by atoms with van der Waals surface area (Å²) in [5, 5.41) is 9.24. The molecule has 0 radical (unpaired) electrons. The van der Waals surface area contributed by atoms with E-state index in [-0.39, 0.29) is 5.41 Å². The SMILES string of the molecule is CC1=CC[C@@H]2C[C@H]1[C@]2(C)CO. The van der Waals surface area contributed by atoms with Crippen LogP contribution in [0.2, 0.25) is 0 Å². The molecule has 0 aliphatic heterocycles. The van der Waals surface area contributed by atoms with Crippen LogP contribution >= 0.6 is 0 Å². The molecule has 3 atom stereocenters. The molecule has 0 unspecified atom stereocenters. The van der Waals surface area contributed by atoms with Gasteiger partial charge in [-0.1, -0.05) is 18.6 Å². The first-order valence-electron chi connectivity index (χ1n) is 4.46. The van der Waals surface area contributed by atoms with Crippen molar-refractivity contribution in [1.82, 2.24) is 0 Å². The van der Waals surface area contributed by atoms with Crippen LogP contribution in [0.5, 0.6) is 0 Å². The Kier molecular flexibility index (Phi) is 1.40. The van der Waals surface area contributed by atoms with Crippen LogP contribution in [0, 0.1) is 17.3 Å². The molecule has 0 aromatic carbocycles. The first-order valence-corrected chi connectivity index (χ1v) is 4.46. The highest BCUT2D eigenvalue weighted by Crippen LogP contribution is 2.58. The number of hydrogen-bond donors (Lipinski definition) is 1. The van der Waals surface area contributed by atoms with Crippen molar-refractivity contribution in [2.45, 2.75) is 26.7 Å². The van der Waals surface area contributed by atoms with Gasteiger partial charge in [-0.05, 0) is 31.6 Å². The summed E-state index contributed by atoms with van der Waals surface area (Å²) in [6, 6.07) is 0. The lowest BCUT2D eigenvalue weighted by Gasteiger charge is -2.57. The molecule has 3 rings (SSSR count). The van der Waals surface area contributed by atoms with E-state index in [1.807, 2.05) is 0 Å². The molecule has 1 saturated carbocycles. The van der Waals surface area contributed by atoms with Crippen molar-refractivity contribution in [2.75, 3.05) is 6.61 Å². The van der Waals surface area contributed by atoms with Gasteiger partial charge in [0.15, 0.2) is 0 Å². The fourth-order valence-electron chi connectivity index (χ4n) is 2.73. The number of rotatable bonds is 1. The monoisotopic (exact) mass is 152 g/mol. The van der Waals surface area contributed by atoms with Gasteiger partial charge in [0, 0.05) is 12.0 Å². The van der Waals surface area contributed by atoms with Crippen LogP contribution in [0.1, 0.15) is 26.7 Å². The molecule has 0 heterocycles. The van der Waals surface area contributed by atoms with Gasteiger partial charge in [0.1, 0.15) is 0 Å². The zero-order valence-corrected chi connectivity index (χ0v) is 7.30. The van der Waals surface area contributed by atoms with Gasteiger partial charge in [0.2, 0.25) is 0 Å². The molecule has 11 heavy (non-hydrogen) atoms. The summed E-state index contributed by atoms with van der Waals surface area (Å²) in [6.07, 6.45) is 4.86. The van der Waals surface area contributed by atoms with Gasteiger partial charge < -0.3 is 5.11 Å². The Bertz CT molecular complexity index is 207. The van der Waals surface area contributed by atoms with Crippen molar-refractivity contribution in [3.63, 3.8) is 0 Å². The maximum Gasteiger partial charge on any atom is 0.0493 e. The molecule has 1 N–H and O–H groups in total. The molecule has 0 aromatic rings. The van der Waals surface area contributed by atoms with E-state index in [9.17, 15) is 5.11 Å². The average Bonchev–Trinajstić information content (AvgIpc) is 2.02. The molecule has 1 fully saturated rings. The van der Waals surface area contributed by atoms with E-state index in [2.05, 4.69) is 19.9 Å². The molecule has 0 amide bonds. The second kappa shape index (κ2) is 2.10. The number of fused-ring (bicyclic) bond motifs is 1. The van der Waals surface area contributed by atoms with Crippen LogP contribution < -0.4 is 0 Å². The zero-order chi connectivity index (χ0) is 8.06. The number of hydrogen-bond acceptors (Lipinski definition) is 1. The van der Waals surface area contributed by atoms with Gasteiger partial charge in [-0.2, -0.15) is 0 Å². The topological polar surface area (TPSA) is 20.2 Å². The molecule has 1 nitrogen and oxygen atoms in total. The molecule has 1 heteroatoms. The third-order valence-electron chi connectivity index (χ3n) is 3.86. The lowest BCUT2D eigenvalue weighted by molar-refractivity contribution is -0.0677. The molecule has 3 aliphatic rings. The smallest absolute Gasteiger partial charge is 0.0493 e. The van der Waals surface area contributed by atoms with Crippen LogP contribution in [-0.4, -0.2) is 11.7 Å². The summed E-state index contributed by atoms with van der Waals surface area (Å²) in [7, 11) is 0. The van der Waals surface area contributed by atoms with Crippen molar-refractivity contribution in [3.8, 4) is 0 Å². The predicted octanol–water partition coefficient (Wildman–Crippen LogP) is 1.97. The van der Waals surface area contributed by atoms with E-state index in [4.69, 9.17) is 0 Å². The lowest BCUT2D eigenvalue weighted by Crippen LogP contribution is -2.52. The minimum atomic E-state index is 0.235. The van der Waals surface area contributed by atoms with Gasteiger partial charge in [-0.3, -0.25) is 0 Å². The zero-order valence-electron chi connectivity index (χ0n) is 7.30. The molecule has 0 aromatic heterocycles. The van der Waals surface area contributed by atoms with E-state index in [0.717, 1.165) is 5.92 Å². The summed E-state index contributed by atoms with van der Waals surface area (Å²) in [4.78, 5) is 0. The fourth-order valence-corrected chi connectivity index (χ4v) is 2.73. The number of allylic oxidation sites excluding steroid dienone is 2. The van der Waals surface area contributed by atoms with Gasteiger partial charge in [-0.25, -0.2) is 0 Å². The van der Waals surface area contributed by atoms with E-state index in [0.29, 0.717) is 12.5 Å². The predicted molar refractivity (Wildman–Crippen MR) is 45.2 cm³/mol. The molecule has 62 valence electrons. The Balaban J connectivity index is 2.26. The quantitative estimate of drug-likeness (QED) is 0.569. The summed E-state index contributed by atoms with van der Waals surface area (Å²) in [5.41, 5.74) is 1.74. The fraction of sp³-hybridized carbons (Fsp3) is 0.800. The molecule has 0 spiro atoms. The maximum absolute atomic E-state index is 9.24. The number of aliphatic hydroxyl groups excluding tert-OH is 1. The van der Waals surface area contributed by atoms with Crippen LogP contribution in [0.3, 0.4) is 0 Å². The van der Waals surface area contributed by atoms with Gasteiger partial charge >= 0.3 is 0 Å². The summed E-state index contributed by atoms with van der Waals surface area (Å²) in [5.74, 6) is 1.45. The van der Waals surface area contributed by atoms with Crippen molar-refractivity contribution in [3.05, 3.63) is 11.6 Å². The molecule has 0 saturated heterocycles. The normalized spacial score (nSPS) is 48.1.